The topological polar surface area (TPSA) is 46.6 Å². The molecular formula is C17H20N4. The van der Waals surface area contributed by atoms with E-state index in [2.05, 4.69) is 54.7 Å². The van der Waals surface area contributed by atoms with Gasteiger partial charge in [0.1, 0.15) is 5.65 Å². The largest absolute Gasteiger partial charge is 0.399 e. The Morgan fingerprint density at radius 2 is 2.00 bits per heavy atom. The minimum Gasteiger partial charge on any atom is -0.399 e. The maximum Gasteiger partial charge on any atom is 0.137 e. The van der Waals surface area contributed by atoms with E-state index in [0.29, 0.717) is 0 Å². The molecule has 0 aliphatic rings. The predicted molar refractivity (Wildman–Crippen MR) is 87.2 cm³/mol. The standard InChI is InChI=1S/C17H20N4/c1-12-7-8-21-15(11-20(2)3)17(19-16(21)9-12)13-5-4-6-14(18)10-13/h4-10H,11,18H2,1-3H3. The van der Waals surface area contributed by atoms with Crippen LogP contribution in [0.1, 0.15) is 11.3 Å². The summed E-state index contributed by atoms with van der Waals surface area (Å²) in [6, 6.07) is 12.1. The zero-order chi connectivity index (χ0) is 15.0. The monoisotopic (exact) mass is 280 g/mol. The number of fused-ring (bicyclic) bond motifs is 1. The summed E-state index contributed by atoms with van der Waals surface area (Å²) in [6.45, 7) is 2.91. The van der Waals surface area contributed by atoms with Gasteiger partial charge in [0.15, 0.2) is 0 Å². The van der Waals surface area contributed by atoms with E-state index in [0.717, 1.165) is 29.1 Å². The molecule has 0 amide bonds. The van der Waals surface area contributed by atoms with Crippen molar-refractivity contribution in [1.29, 1.82) is 0 Å². The van der Waals surface area contributed by atoms with E-state index in [1.54, 1.807) is 0 Å². The van der Waals surface area contributed by atoms with Crippen LogP contribution in [0.4, 0.5) is 5.69 Å². The van der Waals surface area contributed by atoms with E-state index < -0.39 is 0 Å². The normalized spacial score (nSPS) is 11.4. The number of nitrogens with zero attached hydrogens (tertiary/aromatic N) is 3. The molecule has 4 nitrogen and oxygen atoms in total. The smallest absolute Gasteiger partial charge is 0.137 e. The van der Waals surface area contributed by atoms with Crippen molar-refractivity contribution < 1.29 is 0 Å². The molecule has 0 spiro atoms. The maximum absolute atomic E-state index is 5.92. The second kappa shape index (κ2) is 5.22. The second-order valence-corrected chi connectivity index (χ2v) is 5.70. The predicted octanol–water partition coefficient (Wildman–Crippen LogP) is 2.95. The number of aromatic nitrogens is 2. The molecule has 0 radical (unpaired) electrons. The van der Waals surface area contributed by atoms with Gasteiger partial charge in [-0.3, -0.25) is 0 Å². The summed E-state index contributed by atoms with van der Waals surface area (Å²) < 4.78 is 2.16. The number of hydrogen-bond donors (Lipinski definition) is 1. The Kier molecular flexibility index (Phi) is 3.39. The third kappa shape index (κ3) is 2.62. The minimum absolute atomic E-state index is 0.761. The molecule has 1 aromatic carbocycles. The second-order valence-electron chi connectivity index (χ2n) is 5.70. The zero-order valence-electron chi connectivity index (χ0n) is 12.7. The third-order valence-corrected chi connectivity index (χ3v) is 3.51. The van der Waals surface area contributed by atoms with Crippen molar-refractivity contribution in [2.75, 3.05) is 19.8 Å². The highest BCUT2D eigenvalue weighted by molar-refractivity contribution is 5.69. The minimum atomic E-state index is 0.761. The quantitative estimate of drug-likeness (QED) is 0.750. The Balaban J connectivity index is 2.25. The summed E-state index contributed by atoms with van der Waals surface area (Å²) in [7, 11) is 4.13. The Morgan fingerprint density at radius 3 is 2.71 bits per heavy atom. The molecule has 0 atom stereocenters. The molecule has 2 heterocycles. The summed E-state index contributed by atoms with van der Waals surface area (Å²) in [5.41, 5.74) is 12.1. The lowest BCUT2D eigenvalue weighted by molar-refractivity contribution is 0.396. The number of aryl methyl sites for hydroxylation is 1. The molecular weight excluding hydrogens is 260 g/mol. The van der Waals surface area contributed by atoms with E-state index in [4.69, 9.17) is 10.7 Å². The van der Waals surface area contributed by atoms with Crippen molar-refractivity contribution in [2.45, 2.75) is 13.5 Å². The molecule has 2 N–H and O–H groups in total. The van der Waals surface area contributed by atoms with Crippen LogP contribution >= 0.6 is 0 Å². The average molecular weight is 280 g/mol. The summed E-state index contributed by atoms with van der Waals surface area (Å²) in [5, 5.41) is 0. The molecule has 0 unspecified atom stereocenters. The van der Waals surface area contributed by atoms with Crippen LogP contribution in [-0.4, -0.2) is 28.4 Å². The van der Waals surface area contributed by atoms with Crippen LogP contribution < -0.4 is 5.73 Å². The fourth-order valence-electron chi connectivity index (χ4n) is 2.57. The van der Waals surface area contributed by atoms with Gasteiger partial charge >= 0.3 is 0 Å². The first-order valence-electron chi connectivity index (χ1n) is 7.03. The zero-order valence-corrected chi connectivity index (χ0v) is 12.7. The van der Waals surface area contributed by atoms with Crippen LogP contribution in [0.3, 0.4) is 0 Å². The van der Waals surface area contributed by atoms with Crippen molar-refractivity contribution in [2.24, 2.45) is 0 Å². The molecule has 3 aromatic rings. The van der Waals surface area contributed by atoms with Gasteiger partial charge in [-0.2, -0.15) is 0 Å². The van der Waals surface area contributed by atoms with E-state index in [1.807, 2.05) is 18.2 Å². The molecule has 2 aromatic heterocycles. The summed E-state index contributed by atoms with van der Waals surface area (Å²) >= 11 is 0. The molecule has 3 rings (SSSR count). The van der Waals surface area contributed by atoms with Gasteiger partial charge in [-0.05, 0) is 50.8 Å². The number of imidazole rings is 1. The Bertz CT molecular complexity index is 787. The number of nitrogen functional groups attached to an aromatic ring is 1. The van der Waals surface area contributed by atoms with Gasteiger partial charge in [-0.1, -0.05) is 12.1 Å². The number of pyridine rings is 1. The third-order valence-electron chi connectivity index (χ3n) is 3.51. The van der Waals surface area contributed by atoms with Crippen molar-refractivity contribution in [3.05, 3.63) is 53.9 Å². The first kappa shape index (κ1) is 13.6. The number of anilines is 1. The van der Waals surface area contributed by atoms with Crippen molar-refractivity contribution in [1.82, 2.24) is 14.3 Å². The molecule has 0 aliphatic carbocycles. The molecule has 0 bridgehead atoms. The summed E-state index contributed by atoms with van der Waals surface area (Å²) in [6.07, 6.45) is 2.09. The molecule has 0 saturated carbocycles. The molecule has 21 heavy (non-hydrogen) atoms. The van der Waals surface area contributed by atoms with Crippen molar-refractivity contribution in [3.63, 3.8) is 0 Å². The molecule has 0 fully saturated rings. The maximum atomic E-state index is 5.92. The van der Waals surface area contributed by atoms with Gasteiger partial charge in [0, 0.05) is 24.0 Å². The van der Waals surface area contributed by atoms with Crippen molar-refractivity contribution in [3.8, 4) is 11.3 Å². The number of nitrogens with two attached hydrogens (primary N) is 1. The SMILES string of the molecule is Cc1ccn2c(CN(C)C)c(-c3cccc(N)c3)nc2c1. The Labute approximate surface area is 124 Å². The van der Waals surface area contributed by atoms with Crippen LogP contribution in [0.15, 0.2) is 42.6 Å². The van der Waals surface area contributed by atoms with Gasteiger partial charge in [-0.15, -0.1) is 0 Å². The lowest BCUT2D eigenvalue weighted by Crippen LogP contribution is -2.13. The highest BCUT2D eigenvalue weighted by Crippen LogP contribution is 2.27. The lowest BCUT2D eigenvalue weighted by atomic mass is 10.1. The molecule has 4 heteroatoms. The molecule has 0 aliphatic heterocycles. The van der Waals surface area contributed by atoms with E-state index >= 15 is 0 Å². The van der Waals surface area contributed by atoms with Gasteiger partial charge in [0.25, 0.3) is 0 Å². The fraction of sp³-hybridized carbons (Fsp3) is 0.235. The van der Waals surface area contributed by atoms with Crippen LogP contribution in [0.5, 0.6) is 0 Å². The Hall–Kier alpha value is -2.33. The summed E-state index contributed by atoms with van der Waals surface area (Å²) in [4.78, 5) is 6.97. The summed E-state index contributed by atoms with van der Waals surface area (Å²) in [5.74, 6) is 0. The Morgan fingerprint density at radius 1 is 1.19 bits per heavy atom. The molecule has 0 saturated heterocycles. The lowest BCUT2D eigenvalue weighted by Gasteiger charge is -2.11. The number of hydrogen-bond acceptors (Lipinski definition) is 3. The van der Waals surface area contributed by atoms with Crippen LogP contribution in [-0.2, 0) is 6.54 Å². The van der Waals surface area contributed by atoms with Crippen LogP contribution in [0.25, 0.3) is 16.9 Å². The van der Waals surface area contributed by atoms with E-state index in [9.17, 15) is 0 Å². The average Bonchev–Trinajstić information content (AvgIpc) is 2.76. The number of rotatable bonds is 3. The van der Waals surface area contributed by atoms with Gasteiger partial charge in [0.2, 0.25) is 0 Å². The first-order chi connectivity index (χ1) is 10.0. The van der Waals surface area contributed by atoms with Gasteiger partial charge < -0.3 is 15.0 Å². The number of benzene rings is 1. The first-order valence-corrected chi connectivity index (χ1v) is 7.03. The van der Waals surface area contributed by atoms with Crippen LogP contribution in [0, 0.1) is 6.92 Å². The van der Waals surface area contributed by atoms with Crippen molar-refractivity contribution >= 4 is 11.3 Å². The van der Waals surface area contributed by atoms with Gasteiger partial charge in [0.05, 0.1) is 11.4 Å². The molecule has 108 valence electrons. The highest BCUT2D eigenvalue weighted by Gasteiger charge is 2.14. The fourth-order valence-corrected chi connectivity index (χ4v) is 2.57. The van der Waals surface area contributed by atoms with Gasteiger partial charge in [-0.25, -0.2) is 4.98 Å². The van der Waals surface area contributed by atoms with E-state index in [1.165, 1.54) is 11.3 Å². The van der Waals surface area contributed by atoms with E-state index in [-0.39, 0.29) is 0 Å². The highest BCUT2D eigenvalue weighted by atomic mass is 15.1. The van der Waals surface area contributed by atoms with Crippen LogP contribution in [0.2, 0.25) is 0 Å².